The number of hydrogen-bond donors (Lipinski definition) is 1. The van der Waals surface area contributed by atoms with Crippen LogP contribution < -0.4 is 5.32 Å². The molecule has 84 valence electrons. The molecule has 0 aliphatic carbocycles. The molecule has 0 aliphatic heterocycles. The second-order valence-electron chi connectivity index (χ2n) is 3.23. The van der Waals surface area contributed by atoms with Gasteiger partial charge in [0.1, 0.15) is 0 Å². The van der Waals surface area contributed by atoms with E-state index in [9.17, 15) is 0 Å². The molecule has 1 aromatic heterocycles. The fourth-order valence-corrected chi connectivity index (χ4v) is 1.86. The van der Waals surface area contributed by atoms with Crippen LogP contribution in [0.5, 0.6) is 0 Å². The minimum absolute atomic E-state index is 0.756. The van der Waals surface area contributed by atoms with Gasteiger partial charge in [-0.25, -0.2) is 4.98 Å². The van der Waals surface area contributed by atoms with Gasteiger partial charge in [0, 0.05) is 18.0 Å². The average molecular weight is 226 g/mol. The minimum Gasteiger partial charge on any atom is -0.380 e. The van der Waals surface area contributed by atoms with Crippen LogP contribution in [0.4, 0.5) is 0 Å². The van der Waals surface area contributed by atoms with Gasteiger partial charge < -0.3 is 10.1 Å². The minimum atomic E-state index is 0.756. The summed E-state index contributed by atoms with van der Waals surface area (Å²) in [5, 5.41) is 3.33. The van der Waals surface area contributed by atoms with E-state index in [2.05, 4.69) is 16.9 Å². The smallest absolute Gasteiger partial charge is 0.0798 e. The predicted molar refractivity (Wildman–Crippen MR) is 64.2 cm³/mol. The molecule has 0 saturated carbocycles. The fraction of sp³-hybridized carbons (Fsp3) is 0.545. The summed E-state index contributed by atoms with van der Waals surface area (Å²) in [6.07, 6.45) is 2.79. The third-order valence-electron chi connectivity index (χ3n) is 2.02. The molecule has 0 bridgehead atoms. The van der Waals surface area contributed by atoms with Gasteiger partial charge in [-0.2, -0.15) is 0 Å². The van der Waals surface area contributed by atoms with Crippen LogP contribution in [0.1, 0.15) is 17.0 Å². The second kappa shape index (κ2) is 7.56. The van der Waals surface area contributed by atoms with Crippen LogP contribution in [0.25, 0.3) is 0 Å². The third kappa shape index (κ3) is 5.06. The first-order valence-corrected chi connectivity index (χ1v) is 6.01. The maximum Gasteiger partial charge on any atom is 0.0798 e. The van der Waals surface area contributed by atoms with Gasteiger partial charge in [0.2, 0.25) is 0 Å². The number of aromatic nitrogens is 1. The molecule has 1 aromatic rings. The van der Waals surface area contributed by atoms with E-state index < -0.39 is 0 Å². The largest absolute Gasteiger partial charge is 0.380 e. The lowest BCUT2D eigenvalue weighted by atomic mass is 10.4. The molecule has 0 atom stereocenters. The molecular formula is C11H18N2OS. The summed E-state index contributed by atoms with van der Waals surface area (Å²) in [6, 6.07) is 0. The number of nitrogens with zero attached hydrogens (tertiary/aromatic N) is 1. The molecule has 0 fully saturated rings. The molecule has 0 spiro atoms. The van der Waals surface area contributed by atoms with Crippen molar-refractivity contribution in [1.82, 2.24) is 10.3 Å². The standard InChI is InChI=1S/C11H18N2OS/c1-3-4-6-14-7-5-12-8-11-10(2)13-9-15-11/h3,9,12H,1,4-8H2,2H3. The van der Waals surface area contributed by atoms with E-state index in [1.54, 1.807) is 11.3 Å². The van der Waals surface area contributed by atoms with Crippen molar-refractivity contribution in [2.75, 3.05) is 19.8 Å². The number of nitrogens with one attached hydrogen (secondary N) is 1. The van der Waals surface area contributed by atoms with Crippen molar-refractivity contribution in [1.29, 1.82) is 0 Å². The van der Waals surface area contributed by atoms with Crippen LogP contribution in [0.3, 0.4) is 0 Å². The Morgan fingerprint density at radius 1 is 1.60 bits per heavy atom. The molecule has 3 nitrogen and oxygen atoms in total. The lowest BCUT2D eigenvalue weighted by molar-refractivity contribution is 0.140. The van der Waals surface area contributed by atoms with Crippen LogP contribution in [-0.2, 0) is 11.3 Å². The van der Waals surface area contributed by atoms with Crippen molar-refractivity contribution in [3.05, 3.63) is 28.7 Å². The van der Waals surface area contributed by atoms with E-state index in [0.29, 0.717) is 0 Å². The lowest BCUT2D eigenvalue weighted by Crippen LogP contribution is -2.19. The molecule has 1 N–H and O–H groups in total. The fourth-order valence-electron chi connectivity index (χ4n) is 1.11. The lowest BCUT2D eigenvalue weighted by Gasteiger charge is -2.04. The number of hydrogen-bond acceptors (Lipinski definition) is 4. The topological polar surface area (TPSA) is 34.1 Å². The van der Waals surface area contributed by atoms with E-state index in [-0.39, 0.29) is 0 Å². The van der Waals surface area contributed by atoms with E-state index >= 15 is 0 Å². The van der Waals surface area contributed by atoms with Crippen LogP contribution in [0.15, 0.2) is 18.2 Å². The summed E-state index contributed by atoms with van der Waals surface area (Å²) in [5.41, 5.74) is 3.01. The van der Waals surface area contributed by atoms with Gasteiger partial charge in [0.05, 0.1) is 24.4 Å². The molecule has 4 heteroatoms. The highest BCUT2D eigenvalue weighted by atomic mass is 32.1. The van der Waals surface area contributed by atoms with Crippen LogP contribution in [-0.4, -0.2) is 24.7 Å². The Kier molecular flexibility index (Phi) is 6.23. The Labute approximate surface area is 95.2 Å². The van der Waals surface area contributed by atoms with Crippen LogP contribution in [0.2, 0.25) is 0 Å². The first kappa shape index (κ1) is 12.4. The highest BCUT2D eigenvalue weighted by Crippen LogP contribution is 2.10. The number of thiazole rings is 1. The summed E-state index contributed by atoms with van der Waals surface area (Å²) < 4.78 is 5.38. The zero-order valence-corrected chi connectivity index (χ0v) is 9.98. The molecule has 1 heterocycles. The van der Waals surface area contributed by atoms with E-state index in [0.717, 1.165) is 38.4 Å². The molecular weight excluding hydrogens is 208 g/mol. The van der Waals surface area contributed by atoms with Crippen molar-refractivity contribution in [3.63, 3.8) is 0 Å². The third-order valence-corrected chi connectivity index (χ3v) is 2.95. The van der Waals surface area contributed by atoms with E-state index in [1.807, 2.05) is 18.5 Å². The molecule has 0 aliphatic rings. The first-order valence-electron chi connectivity index (χ1n) is 5.13. The quantitative estimate of drug-likeness (QED) is 0.544. The normalized spacial score (nSPS) is 10.5. The number of ether oxygens (including phenoxy) is 1. The Bertz CT molecular complexity index is 286. The van der Waals surface area contributed by atoms with Gasteiger partial charge in [0.25, 0.3) is 0 Å². The second-order valence-corrected chi connectivity index (χ2v) is 4.17. The zero-order valence-electron chi connectivity index (χ0n) is 9.16. The Balaban J connectivity index is 1.98. The zero-order chi connectivity index (χ0) is 10.9. The SMILES string of the molecule is C=CCCOCCNCc1scnc1C. The van der Waals surface area contributed by atoms with Crippen molar-refractivity contribution in [3.8, 4) is 0 Å². The molecule has 15 heavy (non-hydrogen) atoms. The van der Waals surface area contributed by atoms with Crippen LogP contribution in [0, 0.1) is 6.92 Å². The summed E-state index contributed by atoms with van der Waals surface area (Å²) in [5.74, 6) is 0. The molecule has 1 rings (SSSR count). The highest BCUT2D eigenvalue weighted by molar-refractivity contribution is 7.09. The Morgan fingerprint density at radius 2 is 2.47 bits per heavy atom. The Morgan fingerprint density at radius 3 is 3.13 bits per heavy atom. The van der Waals surface area contributed by atoms with Crippen molar-refractivity contribution in [2.24, 2.45) is 0 Å². The van der Waals surface area contributed by atoms with E-state index in [1.165, 1.54) is 4.88 Å². The first-order chi connectivity index (χ1) is 7.34. The highest BCUT2D eigenvalue weighted by Gasteiger charge is 1.99. The van der Waals surface area contributed by atoms with Gasteiger partial charge in [-0.1, -0.05) is 6.08 Å². The number of rotatable bonds is 8. The van der Waals surface area contributed by atoms with E-state index in [4.69, 9.17) is 4.74 Å². The summed E-state index contributed by atoms with van der Waals surface area (Å²) >= 11 is 1.69. The van der Waals surface area contributed by atoms with Gasteiger partial charge in [-0.15, -0.1) is 17.9 Å². The van der Waals surface area contributed by atoms with Crippen LogP contribution >= 0.6 is 11.3 Å². The monoisotopic (exact) mass is 226 g/mol. The number of aryl methyl sites for hydroxylation is 1. The molecule has 0 radical (unpaired) electrons. The predicted octanol–water partition coefficient (Wildman–Crippen LogP) is 2.13. The maximum atomic E-state index is 5.38. The molecule has 0 saturated heterocycles. The van der Waals surface area contributed by atoms with Gasteiger partial charge in [-0.3, -0.25) is 0 Å². The van der Waals surface area contributed by atoms with Crippen molar-refractivity contribution in [2.45, 2.75) is 19.9 Å². The summed E-state index contributed by atoms with van der Waals surface area (Å²) in [6.45, 7) is 8.97. The molecule has 0 aromatic carbocycles. The van der Waals surface area contributed by atoms with Crippen molar-refractivity contribution >= 4 is 11.3 Å². The average Bonchev–Trinajstić information content (AvgIpc) is 2.63. The summed E-state index contributed by atoms with van der Waals surface area (Å²) in [4.78, 5) is 5.50. The van der Waals surface area contributed by atoms with Gasteiger partial charge in [-0.05, 0) is 13.3 Å². The van der Waals surface area contributed by atoms with Gasteiger partial charge >= 0.3 is 0 Å². The Hall–Kier alpha value is -0.710. The summed E-state index contributed by atoms with van der Waals surface area (Å²) in [7, 11) is 0. The maximum absolute atomic E-state index is 5.38. The van der Waals surface area contributed by atoms with Crippen molar-refractivity contribution < 1.29 is 4.74 Å². The molecule has 0 amide bonds. The molecule has 0 unspecified atom stereocenters. The van der Waals surface area contributed by atoms with Gasteiger partial charge in [0.15, 0.2) is 0 Å².